The van der Waals surface area contributed by atoms with Crippen LogP contribution < -0.4 is 20.3 Å². The highest BCUT2D eigenvalue weighted by molar-refractivity contribution is 5.78. The second-order valence-electron chi connectivity index (χ2n) is 7.55. The lowest BCUT2D eigenvalue weighted by atomic mass is 10.1. The van der Waals surface area contributed by atoms with Gasteiger partial charge in [0.05, 0.1) is 14.2 Å². The van der Waals surface area contributed by atoms with Crippen LogP contribution in [0.4, 0.5) is 5.95 Å². The number of ether oxygens (including phenoxy) is 2. The largest absolute Gasteiger partial charge is 0.481 e. The van der Waals surface area contributed by atoms with Crippen molar-refractivity contribution >= 4 is 17.1 Å². The van der Waals surface area contributed by atoms with Crippen molar-refractivity contribution in [2.45, 2.75) is 40.2 Å². The average Bonchev–Trinajstić information content (AvgIpc) is 2.85. The molecule has 3 aromatic heterocycles. The summed E-state index contributed by atoms with van der Waals surface area (Å²) in [5.74, 6) is 1.14. The van der Waals surface area contributed by atoms with Crippen LogP contribution in [0, 0.1) is 0 Å². The Bertz CT molecular complexity index is 1110. The Morgan fingerprint density at radius 1 is 0.970 bits per heavy atom. The molecule has 0 amide bonds. The Morgan fingerprint density at radius 3 is 2.27 bits per heavy atom. The maximum absolute atomic E-state index is 13.3. The van der Waals surface area contributed by atoms with Crippen molar-refractivity contribution in [3.05, 3.63) is 28.6 Å². The van der Waals surface area contributed by atoms with Gasteiger partial charge < -0.3 is 19.7 Å². The first kappa shape index (κ1) is 24.4. The smallest absolute Gasteiger partial charge is 0.260 e. The zero-order chi connectivity index (χ0) is 23.8. The summed E-state index contributed by atoms with van der Waals surface area (Å²) in [6.45, 7) is 10.7. The summed E-state index contributed by atoms with van der Waals surface area (Å²) in [7, 11) is 3.04. The van der Waals surface area contributed by atoms with E-state index in [9.17, 15) is 4.79 Å². The number of aromatic nitrogens is 5. The van der Waals surface area contributed by atoms with Crippen molar-refractivity contribution in [1.82, 2.24) is 29.6 Å². The molecule has 0 saturated heterocycles. The number of fused-ring (bicyclic) bond motifs is 1. The van der Waals surface area contributed by atoms with E-state index in [1.807, 2.05) is 6.92 Å². The average molecular weight is 456 g/mol. The molecule has 10 nitrogen and oxygen atoms in total. The Morgan fingerprint density at radius 2 is 1.67 bits per heavy atom. The summed E-state index contributed by atoms with van der Waals surface area (Å²) in [5, 5.41) is 11.8. The lowest BCUT2D eigenvalue weighted by Gasteiger charge is -2.17. The van der Waals surface area contributed by atoms with Crippen LogP contribution in [0.5, 0.6) is 11.8 Å². The van der Waals surface area contributed by atoms with Gasteiger partial charge in [0.1, 0.15) is 5.52 Å². The highest BCUT2D eigenvalue weighted by Crippen LogP contribution is 2.26. The van der Waals surface area contributed by atoms with E-state index in [4.69, 9.17) is 9.47 Å². The van der Waals surface area contributed by atoms with E-state index >= 15 is 0 Å². The fraction of sp³-hybridized carbons (Fsp3) is 0.522. The van der Waals surface area contributed by atoms with Gasteiger partial charge in [-0.2, -0.15) is 9.97 Å². The van der Waals surface area contributed by atoms with E-state index in [1.54, 1.807) is 22.8 Å². The molecule has 178 valence electrons. The molecule has 33 heavy (non-hydrogen) atoms. The molecular weight excluding hydrogens is 422 g/mol. The minimum Gasteiger partial charge on any atom is -0.481 e. The number of unbranched alkanes of at least 4 members (excludes halogenated alkanes) is 1. The van der Waals surface area contributed by atoms with Crippen molar-refractivity contribution in [2.75, 3.05) is 45.7 Å². The van der Waals surface area contributed by atoms with E-state index in [2.05, 4.69) is 44.2 Å². The lowest BCUT2D eigenvalue weighted by molar-refractivity contribution is 0.298. The van der Waals surface area contributed by atoms with E-state index in [-0.39, 0.29) is 5.56 Å². The summed E-state index contributed by atoms with van der Waals surface area (Å²) in [5.41, 5.74) is 1.95. The van der Waals surface area contributed by atoms with E-state index < -0.39 is 0 Å². The molecule has 0 saturated carbocycles. The fourth-order valence-electron chi connectivity index (χ4n) is 3.68. The zero-order valence-corrected chi connectivity index (χ0v) is 20.1. The molecule has 0 aliphatic rings. The van der Waals surface area contributed by atoms with Crippen LogP contribution in [-0.4, -0.2) is 70.0 Å². The van der Waals surface area contributed by atoms with Crippen LogP contribution >= 0.6 is 0 Å². The van der Waals surface area contributed by atoms with E-state index in [1.165, 1.54) is 14.2 Å². The number of nitrogens with zero attached hydrogens (tertiary/aromatic N) is 6. The number of anilines is 1. The third-order valence-corrected chi connectivity index (χ3v) is 5.61. The molecule has 0 spiro atoms. The molecule has 0 fully saturated rings. The van der Waals surface area contributed by atoms with Crippen molar-refractivity contribution in [1.29, 1.82) is 0 Å². The number of rotatable bonds is 12. The monoisotopic (exact) mass is 455 g/mol. The second kappa shape index (κ2) is 11.6. The molecule has 3 heterocycles. The van der Waals surface area contributed by atoms with Gasteiger partial charge in [-0.25, -0.2) is 0 Å². The third-order valence-electron chi connectivity index (χ3n) is 5.61. The number of hydrogen-bond acceptors (Lipinski definition) is 9. The lowest BCUT2D eigenvalue weighted by Crippen LogP contribution is -2.24. The number of pyridine rings is 2. The van der Waals surface area contributed by atoms with Gasteiger partial charge in [-0.3, -0.25) is 9.36 Å². The van der Waals surface area contributed by atoms with Crippen LogP contribution in [0.2, 0.25) is 0 Å². The van der Waals surface area contributed by atoms with E-state index in [0.717, 1.165) is 39.0 Å². The Balaban J connectivity index is 1.85. The summed E-state index contributed by atoms with van der Waals surface area (Å²) >= 11 is 0. The first-order chi connectivity index (χ1) is 16.0. The second-order valence-corrected chi connectivity index (χ2v) is 7.55. The molecular formula is C23H33N7O3. The minimum atomic E-state index is -0.175. The molecule has 0 atom stereocenters. The maximum Gasteiger partial charge on any atom is 0.260 e. The van der Waals surface area contributed by atoms with Gasteiger partial charge in [0.25, 0.3) is 5.56 Å². The molecule has 0 aliphatic carbocycles. The van der Waals surface area contributed by atoms with Gasteiger partial charge in [-0.15, -0.1) is 10.2 Å². The molecule has 10 heteroatoms. The van der Waals surface area contributed by atoms with Crippen LogP contribution in [0.1, 0.15) is 33.6 Å². The summed E-state index contributed by atoms with van der Waals surface area (Å²) in [6, 6.07) is 5.09. The van der Waals surface area contributed by atoms with Crippen LogP contribution in [0.15, 0.2) is 23.0 Å². The molecule has 0 radical (unpaired) electrons. The number of nitrogens with one attached hydrogen (secondary N) is 1. The standard InChI is InChI=1S/C23H33N7O3/c1-6-29(7-2)12-10-9-11-24-23-26-21-18(27-28-23)15-17(22(31)30(21)8-3)16-13-19(32-4)25-20(14-16)33-5/h13-15H,6-12H2,1-5H3,(H,24,26,28). The fourth-order valence-corrected chi connectivity index (χ4v) is 3.68. The van der Waals surface area contributed by atoms with Crippen molar-refractivity contribution in [3.63, 3.8) is 0 Å². The maximum atomic E-state index is 13.3. The molecule has 0 unspecified atom stereocenters. The highest BCUT2D eigenvalue weighted by atomic mass is 16.5. The highest BCUT2D eigenvalue weighted by Gasteiger charge is 2.16. The van der Waals surface area contributed by atoms with Gasteiger partial charge in [0.15, 0.2) is 5.65 Å². The molecule has 0 aromatic carbocycles. The first-order valence-corrected chi connectivity index (χ1v) is 11.4. The number of aryl methyl sites for hydroxylation is 1. The topological polar surface area (TPSA) is 107 Å². The van der Waals surface area contributed by atoms with Crippen molar-refractivity contribution in [3.8, 4) is 22.9 Å². The summed E-state index contributed by atoms with van der Waals surface area (Å²) < 4.78 is 12.1. The van der Waals surface area contributed by atoms with Gasteiger partial charge in [0, 0.05) is 30.8 Å². The van der Waals surface area contributed by atoms with Gasteiger partial charge >= 0.3 is 0 Å². The molecule has 0 bridgehead atoms. The van der Waals surface area contributed by atoms with Gasteiger partial charge in [0.2, 0.25) is 17.7 Å². The quantitative estimate of drug-likeness (QED) is 0.412. The van der Waals surface area contributed by atoms with Gasteiger partial charge in [-0.05, 0) is 51.0 Å². The Labute approximate surface area is 194 Å². The minimum absolute atomic E-state index is 0.175. The Kier molecular flexibility index (Phi) is 8.53. The number of hydrogen-bond donors (Lipinski definition) is 1. The van der Waals surface area contributed by atoms with Crippen LogP contribution in [0.3, 0.4) is 0 Å². The molecule has 3 rings (SSSR count). The molecule has 0 aliphatic heterocycles. The van der Waals surface area contributed by atoms with E-state index in [0.29, 0.717) is 46.5 Å². The van der Waals surface area contributed by atoms with Crippen LogP contribution in [-0.2, 0) is 6.54 Å². The number of methoxy groups -OCH3 is 2. The van der Waals surface area contributed by atoms with Crippen molar-refractivity contribution in [2.24, 2.45) is 0 Å². The molecule has 3 aromatic rings. The third kappa shape index (κ3) is 5.75. The first-order valence-electron chi connectivity index (χ1n) is 11.4. The molecule has 1 N–H and O–H groups in total. The van der Waals surface area contributed by atoms with Crippen molar-refractivity contribution < 1.29 is 9.47 Å². The SMILES string of the molecule is CCN(CC)CCCCNc1nnc2cc(-c3cc(OC)nc(OC)c3)c(=O)n(CC)c2n1. The van der Waals surface area contributed by atoms with Crippen LogP contribution in [0.25, 0.3) is 22.3 Å². The Hall–Kier alpha value is -3.27. The summed E-state index contributed by atoms with van der Waals surface area (Å²) in [4.78, 5) is 24.5. The zero-order valence-electron chi connectivity index (χ0n) is 20.1. The predicted octanol–water partition coefficient (Wildman–Crippen LogP) is 2.82. The normalized spacial score (nSPS) is 11.2. The predicted molar refractivity (Wildman–Crippen MR) is 129 cm³/mol. The van der Waals surface area contributed by atoms with Gasteiger partial charge in [-0.1, -0.05) is 13.8 Å². The summed E-state index contributed by atoms with van der Waals surface area (Å²) in [6.07, 6.45) is 2.10.